The molecule has 2 rings (SSSR count). The molecular formula is C13H19N3O. The predicted molar refractivity (Wildman–Crippen MR) is 70.0 cm³/mol. The van der Waals surface area contributed by atoms with Crippen LogP contribution in [0.15, 0.2) is 18.2 Å². The quantitative estimate of drug-likeness (QED) is 0.806. The molecule has 0 amide bonds. The molecule has 0 unspecified atom stereocenters. The van der Waals surface area contributed by atoms with Gasteiger partial charge >= 0.3 is 0 Å². The van der Waals surface area contributed by atoms with Gasteiger partial charge in [0.05, 0.1) is 11.0 Å². The maximum Gasteiger partial charge on any atom is 0.201 e. The van der Waals surface area contributed by atoms with Crippen LogP contribution in [-0.2, 0) is 11.3 Å². The predicted octanol–water partition coefficient (Wildman–Crippen LogP) is 2.35. The SMILES string of the molecule is CCOCCCn1c(N)nc2cc(C)ccc21. The first-order valence-corrected chi connectivity index (χ1v) is 6.02. The van der Waals surface area contributed by atoms with E-state index in [4.69, 9.17) is 10.5 Å². The third-order valence-corrected chi connectivity index (χ3v) is 2.81. The van der Waals surface area contributed by atoms with E-state index in [1.165, 1.54) is 5.56 Å². The molecule has 0 saturated heterocycles. The number of hydrogen-bond acceptors (Lipinski definition) is 3. The summed E-state index contributed by atoms with van der Waals surface area (Å²) in [7, 11) is 0. The van der Waals surface area contributed by atoms with Crippen LogP contribution in [0.4, 0.5) is 5.95 Å². The number of nitrogens with zero attached hydrogens (tertiary/aromatic N) is 2. The number of aryl methyl sites for hydroxylation is 2. The van der Waals surface area contributed by atoms with Gasteiger partial charge in [0.15, 0.2) is 0 Å². The average Bonchev–Trinajstić information content (AvgIpc) is 2.60. The number of fused-ring (bicyclic) bond motifs is 1. The topological polar surface area (TPSA) is 53.1 Å². The number of nitrogen functional groups attached to an aromatic ring is 1. The first kappa shape index (κ1) is 11.9. The smallest absolute Gasteiger partial charge is 0.201 e. The van der Waals surface area contributed by atoms with Gasteiger partial charge in [-0.25, -0.2) is 4.98 Å². The molecule has 4 nitrogen and oxygen atoms in total. The van der Waals surface area contributed by atoms with Crippen LogP contribution in [0.25, 0.3) is 11.0 Å². The number of nitrogens with two attached hydrogens (primary N) is 1. The summed E-state index contributed by atoms with van der Waals surface area (Å²) in [6.07, 6.45) is 0.956. The van der Waals surface area contributed by atoms with Crippen LogP contribution >= 0.6 is 0 Å². The van der Waals surface area contributed by atoms with Crippen LogP contribution in [-0.4, -0.2) is 22.8 Å². The van der Waals surface area contributed by atoms with Crippen LogP contribution in [0, 0.1) is 6.92 Å². The first-order chi connectivity index (χ1) is 8.22. The van der Waals surface area contributed by atoms with E-state index in [9.17, 15) is 0 Å². The highest BCUT2D eigenvalue weighted by molar-refractivity contribution is 5.79. The van der Waals surface area contributed by atoms with Gasteiger partial charge in [-0.2, -0.15) is 0 Å². The molecule has 1 aromatic carbocycles. The number of imidazole rings is 1. The number of anilines is 1. The van der Waals surface area contributed by atoms with E-state index in [1.54, 1.807) is 0 Å². The van der Waals surface area contributed by atoms with E-state index in [0.717, 1.165) is 37.2 Å². The molecule has 0 spiro atoms. The second-order valence-electron chi connectivity index (χ2n) is 4.16. The molecule has 1 heterocycles. The lowest BCUT2D eigenvalue weighted by Crippen LogP contribution is -2.06. The minimum absolute atomic E-state index is 0.585. The standard InChI is InChI=1S/C13H19N3O/c1-3-17-8-4-7-16-12-6-5-10(2)9-11(12)15-13(16)14/h5-6,9H,3-4,7-8H2,1-2H3,(H2,14,15). The largest absolute Gasteiger partial charge is 0.382 e. The summed E-state index contributed by atoms with van der Waals surface area (Å²) in [5, 5.41) is 0. The Bertz CT molecular complexity index is 505. The van der Waals surface area contributed by atoms with Crippen LogP contribution in [0.2, 0.25) is 0 Å². The number of hydrogen-bond donors (Lipinski definition) is 1. The van der Waals surface area contributed by atoms with Gasteiger partial charge < -0.3 is 15.0 Å². The molecule has 0 radical (unpaired) electrons. The summed E-state index contributed by atoms with van der Waals surface area (Å²) in [6.45, 7) is 6.44. The second-order valence-corrected chi connectivity index (χ2v) is 4.16. The summed E-state index contributed by atoms with van der Waals surface area (Å²) < 4.78 is 7.38. The van der Waals surface area contributed by atoms with Crippen molar-refractivity contribution in [2.45, 2.75) is 26.8 Å². The Balaban J connectivity index is 2.18. The lowest BCUT2D eigenvalue weighted by molar-refractivity contribution is 0.142. The summed E-state index contributed by atoms with van der Waals surface area (Å²) in [4.78, 5) is 4.37. The number of ether oxygens (including phenoxy) is 1. The zero-order valence-electron chi connectivity index (χ0n) is 10.4. The van der Waals surface area contributed by atoms with Crippen LogP contribution < -0.4 is 5.73 Å². The van der Waals surface area contributed by atoms with Gasteiger partial charge in [0, 0.05) is 19.8 Å². The molecular weight excluding hydrogens is 214 g/mol. The molecule has 0 aliphatic heterocycles. The van der Waals surface area contributed by atoms with Crippen molar-refractivity contribution in [2.24, 2.45) is 0 Å². The average molecular weight is 233 g/mol. The number of rotatable bonds is 5. The van der Waals surface area contributed by atoms with E-state index in [1.807, 2.05) is 11.5 Å². The highest BCUT2D eigenvalue weighted by Crippen LogP contribution is 2.19. The Labute approximate surface area is 101 Å². The van der Waals surface area contributed by atoms with Gasteiger partial charge in [-0.1, -0.05) is 6.07 Å². The Morgan fingerprint density at radius 2 is 2.24 bits per heavy atom. The number of benzene rings is 1. The van der Waals surface area contributed by atoms with Crippen LogP contribution in [0.3, 0.4) is 0 Å². The van der Waals surface area contributed by atoms with Crippen molar-refractivity contribution in [2.75, 3.05) is 18.9 Å². The fourth-order valence-electron chi connectivity index (χ4n) is 1.96. The zero-order valence-corrected chi connectivity index (χ0v) is 10.4. The maximum atomic E-state index is 5.93. The lowest BCUT2D eigenvalue weighted by atomic mass is 10.2. The molecule has 17 heavy (non-hydrogen) atoms. The van der Waals surface area contributed by atoms with E-state index in [2.05, 4.69) is 30.1 Å². The molecule has 0 saturated carbocycles. The van der Waals surface area contributed by atoms with Crippen molar-refractivity contribution in [3.63, 3.8) is 0 Å². The number of aromatic nitrogens is 2. The molecule has 0 aliphatic carbocycles. The molecule has 1 aromatic heterocycles. The van der Waals surface area contributed by atoms with Gasteiger partial charge in [-0.15, -0.1) is 0 Å². The van der Waals surface area contributed by atoms with Gasteiger partial charge in [-0.05, 0) is 38.0 Å². The highest BCUT2D eigenvalue weighted by Gasteiger charge is 2.07. The maximum absolute atomic E-state index is 5.93. The normalized spacial score (nSPS) is 11.2. The molecule has 4 heteroatoms. The third kappa shape index (κ3) is 2.58. The Hall–Kier alpha value is -1.55. The molecule has 92 valence electrons. The van der Waals surface area contributed by atoms with Crippen molar-refractivity contribution in [3.05, 3.63) is 23.8 Å². The summed E-state index contributed by atoms with van der Waals surface area (Å²) >= 11 is 0. The molecule has 2 aromatic rings. The minimum Gasteiger partial charge on any atom is -0.382 e. The van der Waals surface area contributed by atoms with Crippen molar-refractivity contribution >= 4 is 17.0 Å². The van der Waals surface area contributed by atoms with Crippen LogP contribution in [0.1, 0.15) is 18.9 Å². The van der Waals surface area contributed by atoms with E-state index < -0.39 is 0 Å². The lowest BCUT2D eigenvalue weighted by Gasteiger charge is -2.06. The van der Waals surface area contributed by atoms with Crippen molar-refractivity contribution in [1.29, 1.82) is 0 Å². The fraction of sp³-hybridized carbons (Fsp3) is 0.462. The van der Waals surface area contributed by atoms with E-state index in [0.29, 0.717) is 5.95 Å². The molecule has 2 N–H and O–H groups in total. The third-order valence-electron chi connectivity index (χ3n) is 2.81. The molecule has 0 aliphatic rings. The van der Waals surface area contributed by atoms with Gasteiger partial charge in [0.1, 0.15) is 0 Å². The Morgan fingerprint density at radius 1 is 1.41 bits per heavy atom. The summed E-state index contributed by atoms with van der Waals surface area (Å²) in [5.74, 6) is 0.585. The van der Waals surface area contributed by atoms with Crippen molar-refractivity contribution in [3.8, 4) is 0 Å². The van der Waals surface area contributed by atoms with Gasteiger partial charge in [0.25, 0.3) is 0 Å². The summed E-state index contributed by atoms with van der Waals surface area (Å²) in [5.41, 5.74) is 9.21. The van der Waals surface area contributed by atoms with Crippen molar-refractivity contribution < 1.29 is 4.74 Å². The van der Waals surface area contributed by atoms with Gasteiger partial charge in [0.2, 0.25) is 5.95 Å². The Kier molecular flexibility index (Phi) is 3.64. The van der Waals surface area contributed by atoms with E-state index in [-0.39, 0.29) is 0 Å². The first-order valence-electron chi connectivity index (χ1n) is 6.02. The zero-order chi connectivity index (χ0) is 12.3. The summed E-state index contributed by atoms with van der Waals surface area (Å²) in [6, 6.07) is 6.22. The Morgan fingerprint density at radius 3 is 3.00 bits per heavy atom. The molecule has 0 fully saturated rings. The minimum atomic E-state index is 0.585. The monoisotopic (exact) mass is 233 g/mol. The van der Waals surface area contributed by atoms with Crippen LogP contribution in [0.5, 0.6) is 0 Å². The fourth-order valence-corrected chi connectivity index (χ4v) is 1.96. The van der Waals surface area contributed by atoms with E-state index >= 15 is 0 Å². The van der Waals surface area contributed by atoms with Gasteiger partial charge in [-0.3, -0.25) is 0 Å². The highest BCUT2D eigenvalue weighted by atomic mass is 16.5. The molecule has 0 atom stereocenters. The molecule has 0 bridgehead atoms. The van der Waals surface area contributed by atoms with Crippen molar-refractivity contribution in [1.82, 2.24) is 9.55 Å². The second kappa shape index (κ2) is 5.19.